The van der Waals surface area contributed by atoms with Crippen LogP contribution in [0, 0.1) is 0 Å². The zero-order valence-corrected chi connectivity index (χ0v) is 10.8. The molecule has 3 nitrogen and oxygen atoms in total. The van der Waals surface area contributed by atoms with E-state index >= 15 is 0 Å². The number of hydrogen-bond donors (Lipinski definition) is 2. The van der Waals surface area contributed by atoms with Gasteiger partial charge in [-0.05, 0) is 19.3 Å². The fourth-order valence-electron chi connectivity index (χ4n) is 2.08. The second-order valence-electron chi connectivity index (χ2n) is 4.36. The number of aliphatic hydroxyl groups is 1. The Morgan fingerprint density at radius 1 is 1.47 bits per heavy atom. The van der Waals surface area contributed by atoms with Crippen LogP contribution in [0.3, 0.4) is 0 Å². The standard InChI is InChI=1S/C11H20BrNO2/c1-2-9(12)10(15)13-11(8-14)6-4-3-5-7-11/h9,14H,2-8H2,1H3,(H,13,15). The summed E-state index contributed by atoms with van der Waals surface area (Å²) in [5.74, 6) is 0.00782. The van der Waals surface area contributed by atoms with Crippen LogP contribution in [0.5, 0.6) is 0 Å². The second kappa shape index (κ2) is 5.85. The molecule has 0 heterocycles. The Bertz CT molecular complexity index is 215. The number of rotatable bonds is 4. The fraction of sp³-hybridized carbons (Fsp3) is 0.909. The zero-order chi connectivity index (χ0) is 11.3. The van der Waals surface area contributed by atoms with Crippen molar-refractivity contribution in [1.29, 1.82) is 0 Å². The van der Waals surface area contributed by atoms with Crippen molar-refractivity contribution in [2.24, 2.45) is 0 Å². The Morgan fingerprint density at radius 3 is 2.53 bits per heavy atom. The van der Waals surface area contributed by atoms with Gasteiger partial charge in [0, 0.05) is 0 Å². The first kappa shape index (κ1) is 13.0. The van der Waals surface area contributed by atoms with Gasteiger partial charge in [-0.1, -0.05) is 42.1 Å². The van der Waals surface area contributed by atoms with Crippen LogP contribution < -0.4 is 5.32 Å². The molecule has 0 spiro atoms. The zero-order valence-electron chi connectivity index (χ0n) is 9.26. The van der Waals surface area contributed by atoms with Gasteiger partial charge in [-0.15, -0.1) is 0 Å². The van der Waals surface area contributed by atoms with Crippen LogP contribution in [0.15, 0.2) is 0 Å². The minimum Gasteiger partial charge on any atom is -0.394 e. The maximum absolute atomic E-state index is 11.7. The Labute approximate surface area is 99.8 Å². The third kappa shape index (κ3) is 3.45. The predicted molar refractivity (Wildman–Crippen MR) is 64.1 cm³/mol. The molecule has 0 aliphatic heterocycles. The number of hydrogen-bond acceptors (Lipinski definition) is 2. The molecule has 0 saturated heterocycles. The number of halogens is 1. The molecule has 2 N–H and O–H groups in total. The van der Waals surface area contributed by atoms with E-state index in [-0.39, 0.29) is 22.9 Å². The first-order valence-electron chi connectivity index (χ1n) is 5.70. The highest BCUT2D eigenvalue weighted by Gasteiger charge is 2.33. The summed E-state index contributed by atoms with van der Waals surface area (Å²) in [6.07, 6.45) is 5.98. The normalized spacial score (nSPS) is 22.1. The van der Waals surface area contributed by atoms with E-state index in [1.54, 1.807) is 0 Å². The smallest absolute Gasteiger partial charge is 0.234 e. The molecular formula is C11H20BrNO2. The van der Waals surface area contributed by atoms with E-state index < -0.39 is 0 Å². The summed E-state index contributed by atoms with van der Waals surface area (Å²) >= 11 is 3.33. The van der Waals surface area contributed by atoms with Crippen LogP contribution in [-0.4, -0.2) is 28.0 Å². The fourth-order valence-corrected chi connectivity index (χ4v) is 2.19. The average Bonchev–Trinajstić information content (AvgIpc) is 2.29. The van der Waals surface area contributed by atoms with E-state index in [1.807, 2.05) is 6.92 Å². The predicted octanol–water partition coefficient (Wildman–Crippen LogP) is 1.97. The molecule has 88 valence electrons. The van der Waals surface area contributed by atoms with Gasteiger partial charge in [0.05, 0.1) is 17.0 Å². The molecule has 1 rings (SSSR count). The lowest BCUT2D eigenvalue weighted by Gasteiger charge is -2.37. The third-order valence-corrected chi connectivity index (χ3v) is 4.21. The molecule has 4 heteroatoms. The van der Waals surface area contributed by atoms with Crippen LogP contribution in [0.2, 0.25) is 0 Å². The maximum Gasteiger partial charge on any atom is 0.234 e. The van der Waals surface area contributed by atoms with Crippen molar-refractivity contribution < 1.29 is 9.90 Å². The first-order valence-corrected chi connectivity index (χ1v) is 6.62. The van der Waals surface area contributed by atoms with Gasteiger partial charge in [0.1, 0.15) is 0 Å². The number of amides is 1. The van der Waals surface area contributed by atoms with Gasteiger partial charge in [-0.2, -0.15) is 0 Å². The Balaban J connectivity index is 2.55. The summed E-state index contributed by atoms with van der Waals surface area (Å²) in [7, 11) is 0. The van der Waals surface area contributed by atoms with Gasteiger partial charge in [0.25, 0.3) is 0 Å². The largest absolute Gasteiger partial charge is 0.394 e. The van der Waals surface area contributed by atoms with Crippen LogP contribution in [0.4, 0.5) is 0 Å². The lowest BCUT2D eigenvalue weighted by molar-refractivity contribution is -0.123. The van der Waals surface area contributed by atoms with E-state index in [1.165, 1.54) is 6.42 Å². The van der Waals surface area contributed by atoms with Crippen molar-refractivity contribution in [1.82, 2.24) is 5.32 Å². The van der Waals surface area contributed by atoms with Crippen LogP contribution >= 0.6 is 15.9 Å². The number of alkyl halides is 1. The lowest BCUT2D eigenvalue weighted by Crippen LogP contribution is -2.54. The molecule has 1 saturated carbocycles. The highest BCUT2D eigenvalue weighted by atomic mass is 79.9. The molecule has 0 bridgehead atoms. The molecule has 0 aromatic rings. The number of nitrogens with one attached hydrogen (secondary N) is 1. The summed E-state index contributed by atoms with van der Waals surface area (Å²) in [6, 6.07) is 0. The van der Waals surface area contributed by atoms with Gasteiger partial charge >= 0.3 is 0 Å². The Morgan fingerprint density at radius 2 is 2.07 bits per heavy atom. The van der Waals surface area contributed by atoms with E-state index in [9.17, 15) is 9.90 Å². The van der Waals surface area contributed by atoms with Crippen LogP contribution in [-0.2, 0) is 4.79 Å². The van der Waals surface area contributed by atoms with Crippen molar-refractivity contribution >= 4 is 21.8 Å². The molecule has 1 atom stereocenters. The Kier molecular flexibility index (Phi) is 5.06. The molecule has 1 fully saturated rings. The van der Waals surface area contributed by atoms with Crippen LogP contribution in [0.25, 0.3) is 0 Å². The quantitative estimate of drug-likeness (QED) is 0.772. The highest BCUT2D eigenvalue weighted by molar-refractivity contribution is 9.10. The monoisotopic (exact) mass is 277 g/mol. The van der Waals surface area contributed by atoms with Crippen molar-refractivity contribution in [2.75, 3.05) is 6.61 Å². The molecule has 0 aromatic carbocycles. The van der Waals surface area contributed by atoms with Gasteiger partial charge in [0.15, 0.2) is 0 Å². The summed E-state index contributed by atoms with van der Waals surface area (Å²) in [5, 5.41) is 12.4. The summed E-state index contributed by atoms with van der Waals surface area (Å²) < 4.78 is 0. The summed E-state index contributed by atoms with van der Waals surface area (Å²) in [5.41, 5.74) is -0.351. The maximum atomic E-state index is 11.7. The van der Waals surface area contributed by atoms with E-state index in [0.29, 0.717) is 0 Å². The molecule has 0 aromatic heterocycles. The van der Waals surface area contributed by atoms with Gasteiger partial charge in [0.2, 0.25) is 5.91 Å². The van der Waals surface area contributed by atoms with Gasteiger partial charge < -0.3 is 10.4 Å². The van der Waals surface area contributed by atoms with Crippen molar-refractivity contribution in [3.05, 3.63) is 0 Å². The van der Waals surface area contributed by atoms with Gasteiger partial charge in [-0.25, -0.2) is 0 Å². The lowest BCUT2D eigenvalue weighted by atomic mass is 9.82. The minimum atomic E-state index is -0.351. The molecular weight excluding hydrogens is 258 g/mol. The second-order valence-corrected chi connectivity index (χ2v) is 5.47. The number of carbonyl (C=O) groups is 1. The third-order valence-electron chi connectivity index (χ3n) is 3.14. The van der Waals surface area contributed by atoms with Crippen molar-refractivity contribution in [2.45, 2.75) is 55.8 Å². The van der Waals surface area contributed by atoms with Crippen LogP contribution in [0.1, 0.15) is 45.4 Å². The summed E-state index contributed by atoms with van der Waals surface area (Å²) in [6.45, 7) is 2.02. The molecule has 15 heavy (non-hydrogen) atoms. The van der Waals surface area contributed by atoms with Crippen molar-refractivity contribution in [3.8, 4) is 0 Å². The average molecular weight is 278 g/mol. The minimum absolute atomic E-state index is 0.00782. The topological polar surface area (TPSA) is 49.3 Å². The summed E-state index contributed by atoms with van der Waals surface area (Å²) in [4.78, 5) is 11.6. The molecule has 1 unspecified atom stereocenters. The molecule has 1 amide bonds. The van der Waals surface area contributed by atoms with E-state index in [2.05, 4.69) is 21.2 Å². The van der Waals surface area contributed by atoms with Gasteiger partial charge in [-0.3, -0.25) is 4.79 Å². The highest BCUT2D eigenvalue weighted by Crippen LogP contribution is 2.28. The van der Waals surface area contributed by atoms with E-state index in [4.69, 9.17) is 0 Å². The first-order chi connectivity index (χ1) is 7.13. The SMILES string of the molecule is CCC(Br)C(=O)NC1(CO)CCCCC1. The Hall–Kier alpha value is -0.0900. The molecule has 1 aliphatic carbocycles. The number of aliphatic hydroxyl groups excluding tert-OH is 1. The number of carbonyl (C=O) groups excluding carboxylic acids is 1. The molecule has 0 radical (unpaired) electrons. The molecule has 1 aliphatic rings. The van der Waals surface area contributed by atoms with E-state index in [0.717, 1.165) is 32.1 Å². The van der Waals surface area contributed by atoms with Crippen molar-refractivity contribution in [3.63, 3.8) is 0 Å².